The van der Waals surface area contributed by atoms with E-state index in [1.165, 1.54) is 6.42 Å². The Balaban J connectivity index is 1.68. The molecule has 3 aliphatic rings. The monoisotopic (exact) mass is 227 g/mol. The normalized spacial score (nSPS) is 18.9. The van der Waals surface area contributed by atoms with Crippen LogP contribution in [0.5, 0.6) is 0 Å². The van der Waals surface area contributed by atoms with Crippen LogP contribution in [0.3, 0.4) is 0 Å². The first kappa shape index (κ1) is 9.22. The van der Waals surface area contributed by atoms with Crippen LogP contribution in [0.2, 0.25) is 0 Å². The van der Waals surface area contributed by atoms with Crippen molar-refractivity contribution in [3.63, 3.8) is 0 Å². The quantitative estimate of drug-likeness (QED) is 0.705. The van der Waals surface area contributed by atoms with Crippen LogP contribution >= 0.6 is 0 Å². The van der Waals surface area contributed by atoms with Crippen LogP contribution < -0.4 is 5.32 Å². The number of pyridine rings is 1. The summed E-state index contributed by atoms with van der Waals surface area (Å²) in [6.45, 7) is 2.11. The van der Waals surface area contributed by atoms with E-state index in [0.29, 0.717) is 0 Å². The highest BCUT2D eigenvalue weighted by Crippen LogP contribution is 2.39. The molecule has 0 spiro atoms. The van der Waals surface area contributed by atoms with Crippen molar-refractivity contribution in [3.05, 3.63) is 17.8 Å². The predicted molar refractivity (Wildman–Crippen MR) is 64.8 cm³/mol. The van der Waals surface area contributed by atoms with Crippen molar-refractivity contribution < 1.29 is 4.79 Å². The van der Waals surface area contributed by atoms with Crippen LogP contribution in [-0.2, 0) is 0 Å². The Morgan fingerprint density at radius 1 is 1.53 bits per heavy atom. The lowest BCUT2D eigenvalue weighted by Gasteiger charge is -2.39. The summed E-state index contributed by atoms with van der Waals surface area (Å²) in [5.41, 5.74) is 3.80. The molecular weight excluding hydrogens is 214 g/mol. The highest BCUT2D eigenvalue weighted by molar-refractivity contribution is 6.13. The first-order valence-corrected chi connectivity index (χ1v) is 6.01. The molecule has 0 saturated heterocycles. The summed E-state index contributed by atoms with van der Waals surface area (Å²) in [6, 6.07) is 1.99. The van der Waals surface area contributed by atoms with Crippen molar-refractivity contribution in [1.82, 2.24) is 15.3 Å². The largest absolute Gasteiger partial charge is 0.359 e. The summed E-state index contributed by atoms with van der Waals surface area (Å²) < 4.78 is 0. The van der Waals surface area contributed by atoms with Gasteiger partial charge < -0.3 is 10.3 Å². The number of hydrogen-bond donors (Lipinski definition) is 2. The van der Waals surface area contributed by atoms with Crippen LogP contribution in [0.4, 0.5) is 0 Å². The van der Waals surface area contributed by atoms with E-state index < -0.39 is 0 Å². The standard InChI is InChI=1S/C13H13N3O/c1-13(3-2-4-13)16-12(17)8-6-14-10-7(8)5-9-11(10)15-9/h5-6,14H,2-4H2,1H3,(H,16,17). The fraction of sp³-hybridized carbons (Fsp3) is 0.385. The molecule has 1 aliphatic heterocycles. The van der Waals surface area contributed by atoms with E-state index in [9.17, 15) is 4.79 Å². The second kappa shape index (κ2) is 2.70. The van der Waals surface area contributed by atoms with Gasteiger partial charge in [0.2, 0.25) is 0 Å². The molecule has 1 amide bonds. The molecule has 1 fully saturated rings. The Bertz CT molecular complexity index is 652. The molecule has 86 valence electrons. The molecule has 1 aromatic rings. The minimum atomic E-state index is 0.00736. The van der Waals surface area contributed by atoms with Crippen molar-refractivity contribution in [3.8, 4) is 11.4 Å². The van der Waals surface area contributed by atoms with Gasteiger partial charge in [0, 0.05) is 17.1 Å². The van der Waals surface area contributed by atoms with Gasteiger partial charge >= 0.3 is 0 Å². The molecule has 2 aliphatic carbocycles. The Kier molecular flexibility index (Phi) is 1.46. The number of aromatic nitrogens is 2. The van der Waals surface area contributed by atoms with Crippen molar-refractivity contribution >= 4 is 16.8 Å². The zero-order valence-corrected chi connectivity index (χ0v) is 9.63. The van der Waals surface area contributed by atoms with Gasteiger partial charge in [0.1, 0.15) is 5.69 Å². The molecule has 4 rings (SSSR count). The molecule has 1 aromatic heterocycles. The second-order valence-corrected chi connectivity index (χ2v) is 5.35. The van der Waals surface area contributed by atoms with Crippen molar-refractivity contribution in [2.75, 3.05) is 0 Å². The van der Waals surface area contributed by atoms with E-state index in [2.05, 4.69) is 22.2 Å². The third-order valence-corrected chi connectivity index (χ3v) is 3.98. The summed E-state index contributed by atoms with van der Waals surface area (Å²) in [6.07, 6.45) is 5.16. The number of nitrogens with zero attached hydrogens (tertiary/aromatic N) is 1. The minimum Gasteiger partial charge on any atom is -0.359 e. The zero-order valence-electron chi connectivity index (χ0n) is 9.63. The highest BCUT2D eigenvalue weighted by Gasteiger charge is 2.34. The number of H-pyrrole nitrogens is 1. The predicted octanol–water partition coefficient (Wildman–Crippen LogP) is 2.22. The van der Waals surface area contributed by atoms with Gasteiger partial charge in [-0.25, -0.2) is 4.98 Å². The van der Waals surface area contributed by atoms with Crippen molar-refractivity contribution in [2.24, 2.45) is 0 Å². The topological polar surface area (TPSA) is 57.8 Å². The fourth-order valence-electron chi connectivity index (χ4n) is 2.66. The van der Waals surface area contributed by atoms with E-state index >= 15 is 0 Å². The molecule has 0 bridgehead atoms. The Morgan fingerprint density at radius 3 is 3.06 bits per heavy atom. The second-order valence-electron chi connectivity index (χ2n) is 5.35. The van der Waals surface area contributed by atoms with Crippen LogP contribution in [0.1, 0.15) is 36.5 Å². The van der Waals surface area contributed by atoms with Gasteiger partial charge in [0.05, 0.1) is 16.8 Å². The molecule has 0 atom stereocenters. The molecule has 0 aromatic carbocycles. The van der Waals surface area contributed by atoms with E-state index in [-0.39, 0.29) is 11.4 Å². The summed E-state index contributed by atoms with van der Waals surface area (Å²) in [7, 11) is 0. The number of amides is 1. The maximum Gasteiger partial charge on any atom is 0.253 e. The van der Waals surface area contributed by atoms with Gasteiger partial charge in [-0.1, -0.05) is 0 Å². The summed E-state index contributed by atoms with van der Waals surface area (Å²) >= 11 is 0. The number of carbonyl (C=O) groups is 1. The molecule has 1 saturated carbocycles. The van der Waals surface area contributed by atoms with E-state index in [1.54, 1.807) is 6.20 Å². The number of aromatic amines is 1. The first-order valence-electron chi connectivity index (χ1n) is 6.01. The zero-order chi connectivity index (χ0) is 11.6. The average molecular weight is 227 g/mol. The highest BCUT2D eigenvalue weighted by atomic mass is 16.1. The molecule has 0 radical (unpaired) electrons. The average Bonchev–Trinajstić information content (AvgIpc) is 2.73. The van der Waals surface area contributed by atoms with E-state index in [4.69, 9.17) is 0 Å². The first-order chi connectivity index (χ1) is 8.16. The van der Waals surface area contributed by atoms with Crippen LogP contribution in [-0.4, -0.2) is 21.4 Å². The number of nitrogens with one attached hydrogen (secondary N) is 2. The van der Waals surface area contributed by atoms with Crippen molar-refractivity contribution in [1.29, 1.82) is 0 Å². The maximum atomic E-state index is 12.2. The third kappa shape index (κ3) is 1.18. The Hall–Kier alpha value is -1.84. The van der Waals surface area contributed by atoms with Gasteiger partial charge in [0.15, 0.2) is 0 Å². The van der Waals surface area contributed by atoms with E-state index in [0.717, 1.165) is 40.7 Å². The van der Waals surface area contributed by atoms with Crippen LogP contribution in [0.25, 0.3) is 22.3 Å². The Morgan fingerprint density at radius 2 is 2.35 bits per heavy atom. The number of carbonyl (C=O) groups excluding carboxylic acids is 1. The minimum absolute atomic E-state index is 0.00736. The smallest absolute Gasteiger partial charge is 0.253 e. The number of fused-ring (bicyclic) bond motifs is 3. The lowest BCUT2D eigenvalue weighted by molar-refractivity contribution is 0.0852. The summed E-state index contributed by atoms with van der Waals surface area (Å²) in [4.78, 5) is 19.5. The fourth-order valence-corrected chi connectivity index (χ4v) is 2.66. The maximum absolute atomic E-state index is 12.2. The molecule has 4 nitrogen and oxygen atoms in total. The molecular formula is C13H13N3O. The van der Waals surface area contributed by atoms with Gasteiger partial charge in [-0.15, -0.1) is 0 Å². The van der Waals surface area contributed by atoms with Gasteiger partial charge in [-0.3, -0.25) is 4.79 Å². The lowest BCUT2D eigenvalue weighted by atomic mass is 9.78. The molecule has 17 heavy (non-hydrogen) atoms. The summed E-state index contributed by atoms with van der Waals surface area (Å²) in [5.74, 6) is 0.0310. The van der Waals surface area contributed by atoms with Crippen LogP contribution in [0.15, 0.2) is 12.3 Å². The molecule has 2 heterocycles. The van der Waals surface area contributed by atoms with Crippen molar-refractivity contribution in [2.45, 2.75) is 31.7 Å². The lowest BCUT2D eigenvalue weighted by Crippen LogP contribution is -2.50. The van der Waals surface area contributed by atoms with Gasteiger partial charge in [-0.05, 0) is 32.3 Å². The molecule has 4 heteroatoms. The van der Waals surface area contributed by atoms with E-state index in [1.807, 2.05) is 6.07 Å². The summed E-state index contributed by atoms with van der Waals surface area (Å²) in [5, 5.41) is 4.13. The SMILES string of the molecule is CC1(NC(=O)c2c[nH]c3c4nc-4cc23)CCC1. The third-order valence-electron chi connectivity index (χ3n) is 3.98. The Labute approximate surface area is 98.4 Å². The molecule has 2 N–H and O–H groups in total. The van der Waals surface area contributed by atoms with Gasteiger partial charge in [0.25, 0.3) is 5.91 Å². The number of hydrogen-bond acceptors (Lipinski definition) is 2. The van der Waals surface area contributed by atoms with Gasteiger partial charge in [-0.2, -0.15) is 0 Å². The molecule has 0 unspecified atom stereocenters. The number of rotatable bonds is 2. The van der Waals surface area contributed by atoms with Crippen LogP contribution in [0, 0.1) is 0 Å².